The van der Waals surface area contributed by atoms with E-state index in [9.17, 15) is 13.5 Å². The fraction of sp³-hybridized carbons (Fsp3) is 0.636. The molecule has 0 amide bonds. The van der Waals surface area contributed by atoms with Crippen LogP contribution in [0.3, 0.4) is 0 Å². The summed E-state index contributed by atoms with van der Waals surface area (Å²) in [5.41, 5.74) is 0. The number of aromatic nitrogens is 1. The van der Waals surface area contributed by atoms with Gasteiger partial charge in [-0.25, -0.2) is 13.1 Å². The first-order valence-corrected chi connectivity index (χ1v) is 7.37. The van der Waals surface area contributed by atoms with Crippen molar-refractivity contribution in [2.75, 3.05) is 6.54 Å². The van der Waals surface area contributed by atoms with Crippen LogP contribution >= 0.6 is 0 Å². The molecule has 6 heteroatoms. The maximum absolute atomic E-state index is 11.8. The van der Waals surface area contributed by atoms with Crippen molar-refractivity contribution < 1.29 is 13.5 Å². The normalized spacial score (nSPS) is 25.9. The van der Waals surface area contributed by atoms with Crippen LogP contribution in [0.25, 0.3) is 0 Å². The third-order valence-electron chi connectivity index (χ3n) is 3.20. The second-order valence-corrected chi connectivity index (χ2v) is 6.35. The third kappa shape index (κ3) is 3.31. The fourth-order valence-electron chi connectivity index (χ4n) is 2.23. The van der Waals surface area contributed by atoms with Crippen molar-refractivity contribution in [2.45, 2.75) is 36.7 Å². The molecule has 0 saturated heterocycles. The largest absolute Gasteiger partial charge is 0.393 e. The van der Waals surface area contributed by atoms with Crippen LogP contribution in [0.2, 0.25) is 0 Å². The van der Waals surface area contributed by atoms with Gasteiger partial charge in [0.2, 0.25) is 10.0 Å². The van der Waals surface area contributed by atoms with Gasteiger partial charge in [0.05, 0.1) is 11.0 Å². The van der Waals surface area contributed by atoms with Crippen molar-refractivity contribution >= 4 is 10.0 Å². The van der Waals surface area contributed by atoms with Gasteiger partial charge in [0.25, 0.3) is 0 Å². The smallest absolute Gasteiger partial charge is 0.242 e. The van der Waals surface area contributed by atoms with Crippen LogP contribution in [-0.4, -0.2) is 31.2 Å². The second kappa shape index (κ2) is 5.20. The van der Waals surface area contributed by atoms with Crippen LogP contribution < -0.4 is 4.72 Å². The van der Waals surface area contributed by atoms with Gasteiger partial charge in [0.15, 0.2) is 0 Å². The van der Waals surface area contributed by atoms with Crippen molar-refractivity contribution in [3.05, 3.63) is 18.5 Å². The minimum absolute atomic E-state index is 0.243. The topological polar surface area (TPSA) is 82.2 Å². The van der Waals surface area contributed by atoms with E-state index < -0.39 is 10.0 Å². The van der Waals surface area contributed by atoms with Crippen LogP contribution in [0, 0.1) is 5.92 Å². The van der Waals surface area contributed by atoms with Crippen LogP contribution in [-0.2, 0) is 10.0 Å². The molecule has 17 heavy (non-hydrogen) atoms. The molecule has 1 aromatic rings. The van der Waals surface area contributed by atoms with Gasteiger partial charge in [-0.1, -0.05) is 6.42 Å². The lowest BCUT2D eigenvalue weighted by molar-refractivity contribution is 0.102. The maximum atomic E-state index is 11.8. The Labute approximate surface area is 101 Å². The minimum atomic E-state index is -3.40. The molecule has 1 heterocycles. The molecule has 1 aromatic heterocycles. The molecule has 2 unspecified atom stereocenters. The summed E-state index contributed by atoms with van der Waals surface area (Å²) in [4.78, 5) is 2.98. The summed E-state index contributed by atoms with van der Waals surface area (Å²) >= 11 is 0. The lowest BCUT2D eigenvalue weighted by Gasteiger charge is -2.25. The number of rotatable bonds is 4. The number of nitrogens with one attached hydrogen (secondary N) is 2. The molecule has 1 aliphatic carbocycles. The molecule has 1 saturated carbocycles. The number of H-pyrrole nitrogens is 1. The summed E-state index contributed by atoms with van der Waals surface area (Å²) in [7, 11) is -3.40. The summed E-state index contributed by atoms with van der Waals surface area (Å²) in [6.07, 6.45) is 6.24. The minimum Gasteiger partial charge on any atom is -0.393 e. The monoisotopic (exact) mass is 258 g/mol. The Hall–Kier alpha value is -0.850. The first kappa shape index (κ1) is 12.6. The Balaban J connectivity index is 1.89. The molecule has 0 radical (unpaired) electrons. The van der Waals surface area contributed by atoms with Crippen LogP contribution in [0.1, 0.15) is 25.7 Å². The maximum Gasteiger partial charge on any atom is 0.242 e. The first-order chi connectivity index (χ1) is 8.08. The van der Waals surface area contributed by atoms with Crippen molar-refractivity contribution in [3.8, 4) is 0 Å². The lowest BCUT2D eigenvalue weighted by Crippen LogP contribution is -2.32. The van der Waals surface area contributed by atoms with Gasteiger partial charge >= 0.3 is 0 Å². The Morgan fingerprint density at radius 2 is 2.29 bits per heavy atom. The van der Waals surface area contributed by atoms with Gasteiger partial charge in [-0.05, 0) is 31.2 Å². The molecule has 1 fully saturated rings. The van der Waals surface area contributed by atoms with E-state index in [1.807, 2.05) is 0 Å². The molecule has 96 valence electrons. The highest BCUT2D eigenvalue weighted by Crippen LogP contribution is 2.23. The SMILES string of the molecule is O=S(=O)(NCC1CCCC(O)C1)c1cc[nH]c1. The number of aromatic amines is 1. The van der Waals surface area contributed by atoms with Gasteiger partial charge < -0.3 is 10.1 Å². The van der Waals surface area contributed by atoms with E-state index in [0.29, 0.717) is 13.0 Å². The van der Waals surface area contributed by atoms with E-state index in [1.165, 1.54) is 12.3 Å². The van der Waals surface area contributed by atoms with E-state index in [4.69, 9.17) is 0 Å². The zero-order chi connectivity index (χ0) is 12.3. The van der Waals surface area contributed by atoms with Gasteiger partial charge in [-0.3, -0.25) is 0 Å². The highest BCUT2D eigenvalue weighted by atomic mass is 32.2. The summed E-state index contributed by atoms with van der Waals surface area (Å²) in [6.45, 7) is 0.407. The lowest BCUT2D eigenvalue weighted by atomic mass is 9.87. The first-order valence-electron chi connectivity index (χ1n) is 5.88. The number of aliphatic hydroxyl groups excluding tert-OH is 1. The third-order valence-corrected chi connectivity index (χ3v) is 4.62. The molecule has 0 aliphatic heterocycles. The quantitative estimate of drug-likeness (QED) is 0.748. The van der Waals surface area contributed by atoms with E-state index in [-0.39, 0.29) is 16.9 Å². The van der Waals surface area contributed by atoms with Crippen molar-refractivity contribution in [1.82, 2.24) is 9.71 Å². The standard InChI is InChI=1S/C11H18N2O3S/c14-10-3-1-2-9(6-10)7-13-17(15,16)11-4-5-12-8-11/h4-5,8-10,12-14H,1-3,6-7H2. The van der Waals surface area contributed by atoms with Crippen LogP contribution in [0.4, 0.5) is 0 Å². The summed E-state index contributed by atoms with van der Waals surface area (Å²) in [5.74, 6) is 0.243. The van der Waals surface area contributed by atoms with E-state index in [2.05, 4.69) is 9.71 Å². The van der Waals surface area contributed by atoms with Gasteiger partial charge in [0.1, 0.15) is 0 Å². The molecule has 5 nitrogen and oxygen atoms in total. The molecule has 2 atom stereocenters. The molecule has 2 rings (SSSR count). The molecular weight excluding hydrogens is 240 g/mol. The fourth-order valence-corrected chi connectivity index (χ4v) is 3.33. The van der Waals surface area contributed by atoms with E-state index >= 15 is 0 Å². The zero-order valence-electron chi connectivity index (χ0n) is 9.59. The molecule has 0 spiro atoms. The molecule has 1 aliphatic rings. The van der Waals surface area contributed by atoms with Crippen molar-refractivity contribution in [1.29, 1.82) is 0 Å². The average Bonchev–Trinajstić information content (AvgIpc) is 2.81. The van der Waals surface area contributed by atoms with E-state index in [0.717, 1.165) is 19.3 Å². The van der Waals surface area contributed by atoms with Gasteiger partial charge in [-0.2, -0.15) is 0 Å². The zero-order valence-corrected chi connectivity index (χ0v) is 10.4. The highest BCUT2D eigenvalue weighted by molar-refractivity contribution is 7.89. The molecular formula is C11H18N2O3S. The molecule has 0 bridgehead atoms. The Morgan fingerprint density at radius 1 is 1.47 bits per heavy atom. The Bertz CT molecular complexity index is 441. The van der Waals surface area contributed by atoms with Crippen LogP contribution in [0.15, 0.2) is 23.4 Å². The average molecular weight is 258 g/mol. The Morgan fingerprint density at radius 3 is 2.94 bits per heavy atom. The molecule has 0 aromatic carbocycles. The van der Waals surface area contributed by atoms with Crippen LogP contribution in [0.5, 0.6) is 0 Å². The number of hydrogen-bond donors (Lipinski definition) is 3. The summed E-state index contributed by atoms with van der Waals surface area (Å²) in [6, 6.07) is 1.53. The number of hydrogen-bond acceptors (Lipinski definition) is 3. The van der Waals surface area contributed by atoms with E-state index in [1.54, 1.807) is 6.20 Å². The summed E-state index contributed by atoms with van der Waals surface area (Å²) < 4.78 is 26.2. The summed E-state index contributed by atoms with van der Waals surface area (Å²) in [5, 5.41) is 9.51. The number of sulfonamides is 1. The van der Waals surface area contributed by atoms with Crippen molar-refractivity contribution in [3.63, 3.8) is 0 Å². The second-order valence-electron chi connectivity index (χ2n) is 4.59. The Kier molecular flexibility index (Phi) is 3.86. The highest BCUT2D eigenvalue weighted by Gasteiger charge is 2.22. The van der Waals surface area contributed by atoms with Gasteiger partial charge in [-0.15, -0.1) is 0 Å². The van der Waals surface area contributed by atoms with Gasteiger partial charge in [0, 0.05) is 18.9 Å². The number of aliphatic hydroxyl groups is 1. The molecule has 3 N–H and O–H groups in total. The predicted molar refractivity (Wildman–Crippen MR) is 63.9 cm³/mol. The van der Waals surface area contributed by atoms with Crippen molar-refractivity contribution in [2.24, 2.45) is 5.92 Å². The predicted octanol–water partition coefficient (Wildman–Crippen LogP) is 0.844.